The van der Waals surface area contributed by atoms with E-state index in [1.807, 2.05) is 53.1 Å². The van der Waals surface area contributed by atoms with E-state index in [1.54, 1.807) is 13.3 Å². The number of anilines is 1. The summed E-state index contributed by atoms with van der Waals surface area (Å²) in [5, 5.41) is 6.06. The number of benzene rings is 1. The Morgan fingerprint density at radius 2 is 2.03 bits per heavy atom. The van der Waals surface area contributed by atoms with E-state index in [0.717, 1.165) is 29.7 Å². The zero-order valence-electron chi connectivity index (χ0n) is 18.0. The number of carbonyl (C=O) groups is 2. The molecule has 0 spiro atoms. The highest BCUT2D eigenvalue weighted by Gasteiger charge is 2.32. The summed E-state index contributed by atoms with van der Waals surface area (Å²) in [6, 6.07) is 11.7. The van der Waals surface area contributed by atoms with Crippen molar-refractivity contribution in [1.82, 2.24) is 20.1 Å². The fourth-order valence-corrected chi connectivity index (χ4v) is 4.26. The average Bonchev–Trinajstić information content (AvgIpc) is 2.79. The number of hydrogen-bond donors (Lipinski definition) is 2. The smallest absolute Gasteiger partial charge is 0.322 e. The van der Waals surface area contributed by atoms with Crippen LogP contribution in [0.5, 0.6) is 5.88 Å². The highest BCUT2D eigenvalue weighted by molar-refractivity contribution is 5.92. The molecule has 4 amide bonds. The van der Waals surface area contributed by atoms with Gasteiger partial charge in [0.1, 0.15) is 0 Å². The molecule has 0 bridgehead atoms. The molecule has 0 aliphatic carbocycles. The Kier molecular flexibility index (Phi) is 6.25. The van der Waals surface area contributed by atoms with Gasteiger partial charge in [-0.2, -0.15) is 0 Å². The molecule has 8 nitrogen and oxygen atoms in total. The van der Waals surface area contributed by atoms with Gasteiger partial charge < -0.3 is 25.2 Å². The van der Waals surface area contributed by atoms with Gasteiger partial charge in [0.15, 0.2) is 0 Å². The number of aromatic nitrogens is 1. The number of methoxy groups -OCH3 is 1. The second-order valence-corrected chi connectivity index (χ2v) is 8.20. The van der Waals surface area contributed by atoms with Crippen LogP contribution in [0.4, 0.5) is 15.3 Å². The van der Waals surface area contributed by atoms with Crippen LogP contribution >= 0.6 is 0 Å². The van der Waals surface area contributed by atoms with Crippen LogP contribution in [0.25, 0.3) is 0 Å². The van der Waals surface area contributed by atoms with E-state index in [4.69, 9.17) is 4.74 Å². The lowest BCUT2D eigenvalue weighted by Crippen LogP contribution is -2.53. The number of carbonyl (C=O) groups excluding carboxylic acids is 2. The maximum absolute atomic E-state index is 12.7. The predicted molar refractivity (Wildman–Crippen MR) is 118 cm³/mol. The van der Waals surface area contributed by atoms with Crippen molar-refractivity contribution in [1.29, 1.82) is 0 Å². The Labute approximate surface area is 182 Å². The largest absolute Gasteiger partial charge is 0.481 e. The quantitative estimate of drug-likeness (QED) is 0.773. The van der Waals surface area contributed by atoms with Crippen LogP contribution in [0.3, 0.4) is 0 Å². The first-order valence-corrected chi connectivity index (χ1v) is 10.7. The number of urea groups is 2. The van der Waals surface area contributed by atoms with E-state index in [0.29, 0.717) is 31.9 Å². The molecule has 1 atom stereocenters. The van der Waals surface area contributed by atoms with Gasteiger partial charge in [0, 0.05) is 49.7 Å². The van der Waals surface area contributed by atoms with Crippen molar-refractivity contribution in [3.8, 4) is 5.88 Å². The molecular weight excluding hydrogens is 394 g/mol. The molecule has 4 rings (SSSR count). The van der Waals surface area contributed by atoms with Crippen molar-refractivity contribution >= 4 is 17.7 Å². The Balaban J connectivity index is 1.26. The number of fused-ring (bicyclic) bond motifs is 1. The Hall–Kier alpha value is -3.29. The summed E-state index contributed by atoms with van der Waals surface area (Å²) in [5.74, 6) is 0.578. The molecular formula is C23H29N5O3. The molecule has 1 aromatic carbocycles. The van der Waals surface area contributed by atoms with Gasteiger partial charge in [-0.15, -0.1) is 0 Å². The van der Waals surface area contributed by atoms with Crippen LogP contribution in [0, 0.1) is 0 Å². The van der Waals surface area contributed by atoms with Crippen LogP contribution in [0.1, 0.15) is 30.9 Å². The first-order chi connectivity index (χ1) is 15.0. The molecule has 2 N–H and O–H groups in total. The SMILES string of the molecule is COc1ccc(CC(C)NC(=O)N2CCC(N3Cc4ccccc4NC3=O)CC2)cn1. The molecule has 1 aromatic heterocycles. The molecule has 0 saturated carbocycles. The minimum absolute atomic E-state index is 0.00945. The van der Waals surface area contributed by atoms with E-state index in [9.17, 15) is 9.59 Å². The van der Waals surface area contributed by atoms with Crippen molar-refractivity contribution in [2.45, 2.75) is 44.8 Å². The molecule has 3 heterocycles. The minimum atomic E-state index is -0.0548. The van der Waals surface area contributed by atoms with Gasteiger partial charge >= 0.3 is 12.1 Å². The third-order valence-electron chi connectivity index (χ3n) is 5.97. The number of amides is 4. The van der Waals surface area contributed by atoms with Crippen LogP contribution in [-0.2, 0) is 13.0 Å². The lowest BCUT2D eigenvalue weighted by Gasteiger charge is -2.40. The van der Waals surface area contributed by atoms with E-state index < -0.39 is 0 Å². The third kappa shape index (κ3) is 4.90. The molecule has 164 valence electrons. The maximum Gasteiger partial charge on any atom is 0.322 e. The minimum Gasteiger partial charge on any atom is -0.481 e. The average molecular weight is 424 g/mol. The summed E-state index contributed by atoms with van der Waals surface area (Å²) in [4.78, 5) is 33.2. The molecule has 1 unspecified atom stereocenters. The van der Waals surface area contributed by atoms with Crippen molar-refractivity contribution in [3.05, 3.63) is 53.7 Å². The van der Waals surface area contributed by atoms with E-state index in [1.165, 1.54) is 0 Å². The number of para-hydroxylation sites is 1. The number of rotatable bonds is 5. The fraction of sp³-hybridized carbons (Fsp3) is 0.435. The second-order valence-electron chi connectivity index (χ2n) is 8.20. The van der Waals surface area contributed by atoms with E-state index in [2.05, 4.69) is 15.6 Å². The summed E-state index contributed by atoms with van der Waals surface area (Å²) >= 11 is 0. The van der Waals surface area contributed by atoms with Gasteiger partial charge in [0.25, 0.3) is 0 Å². The van der Waals surface area contributed by atoms with E-state index in [-0.39, 0.29) is 24.1 Å². The number of hydrogen-bond acceptors (Lipinski definition) is 4. The van der Waals surface area contributed by atoms with Gasteiger partial charge in [-0.05, 0) is 43.4 Å². The molecule has 0 radical (unpaired) electrons. The number of piperidine rings is 1. The maximum atomic E-state index is 12.7. The highest BCUT2D eigenvalue weighted by Crippen LogP contribution is 2.27. The predicted octanol–water partition coefficient (Wildman–Crippen LogP) is 3.24. The van der Waals surface area contributed by atoms with Gasteiger partial charge in [-0.25, -0.2) is 14.6 Å². The number of nitrogens with zero attached hydrogens (tertiary/aromatic N) is 3. The molecule has 31 heavy (non-hydrogen) atoms. The van der Waals surface area contributed by atoms with Crippen molar-refractivity contribution in [2.24, 2.45) is 0 Å². The Morgan fingerprint density at radius 3 is 2.74 bits per heavy atom. The molecule has 1 saturated heterocycles. The first-order valence-electron chi connectivity index (χ1n) is 10.7. The summed E-state index contributed by atoms with van der Waals surface area (Å²) in [7, 11) is 1.59. The lowest BCUT2D eigenvalue weighted by atomic mass is 10.0. The molecule has 8 heteroatoms. The van der Waals surface area contributed by atoms with Crippen LogP contribution in [0.2, 0.25) is 0 Å². The van der Waals surface area contributed by atoms with Gasteiger partial charge in [0.2, 0.25) is 5.88 Å². The first kappa shape index (κ1) is 21.0. The summed E-state index contributed by atoms with van der Waals surface area (Å²) < 4.78 is 5.08. The summed E-state index contributed by atoms with van der Waals surface area (Å²) in [6.45, 7) is 3.88. The van der Waals surface area contributed by atoms with Crippen molar-refractivity contribution < 1.29 is 14.3 Å². The monoisotopic (exact) mass is 423 g/mol. The zero-order chi connectivity index (χ0) is 21.8. The number of nitrogens with one attached hydrogen (secondary N) is 2. The van der Waals surface area contributed by atoms with Crippen molar-refractivity contribution in [3.63, 3.8) is 0 Å². The number of ether oxygens (including phenoxy) is 1. The van der Waals surface area contributed by atoms with E-state index >= 15 is 0 Å². The van der Waals surface area contributed by atoms with Crippen LogP contribution in [-0.4, -0.2) is 59.1 Å². The van der Waals surface area contributed by atoms with Crippen molar-refractivity contribution in [2.75, 3.05) is 25.5 Å². The third-order valence-corrected chi connectivity index (χ3v) is 5.97. The zero-order valence-corrected chi connectivity index (χ0v) is 18.0. The molecule has 2 aliphatic heterocycles. The standard InChI is InChI=1S/C23H29N5O3/c1-16(13-17-7-8-21(31-2)24-14-17)25-22(29)27-11-9-19(10-12-27)28-15-18-5-3-4-6-20(18)26-23(28)30/h3-8,14,16,19H,9-13,15H2,1-2H3,(H,25,29)(H,26,30). The van der Waals surface area contributed by atoms with Gasteiger partial charge in [0.05, 0.1) is 7.11 Å². The molecule has 2 aromatic rings. The highest BCUT2D eigenvalue weighted by atomic mass is 16.5. The second kappa shape index (κ2) is 9.24. The van der Waals surface area contributed by atoms with Gasteiger partial charge in [-0.1, -0.05) is 24.3 Å². The summed E-state index contributed by atoms with van der Waals surface area (Å²) in [5.41, 5.74) is 3.06. The topological polar surface area (TPSA) is 86.8 Å². The molecule has 1 fully saturated rings. The number of pyridine rings is 1. The molecule has 2 aliphatic rings. The Bertz CT molecular complexity index is 925. The Morgan fingerprint density at radius 1 is 1.26 bits per heavy atom. The fourth-order valence-electron chi connectivity index (χ4n) is 4.26. The lowest BCUT2D eigenvalue weighted by molar-refractivity contribution is 0.127. The summed E-state index contributed by atoms with van der Waals surface area (Å²) in [6.07, 6.45) is 4.03. The van der Waals surface area contributed by atoms with Crippen LogP contribution in [0.15, 0.2) is 42.6 Å². The van der Waals surface area contributed by atoms with Crippen LogP contribution < -0.4 is 15.4 Å². The van der Waals surface area contributed by atoms with Gasteiger partial charge in [-0.3, -0.25) is 0 Å². The normalized spacial score (nSPS) is 17.5. The number of likely N-dealkylation sites (tertiary alicyclic amines) is 1.